The van der Waals surface area contributed by atoms with Crippen LogP contribution in [0.1, 0.15) is 12.5 Å². The Hall–Kier alpha value is -2.73. The second-order valence-electron chi connectivity index (χ2n) is 5.04. The summed E-state index contributed by atoms with van der Waals surface area (Å²) in [5.41, 5.74) is 1.16. The van der Waals surface area contributed by atoms with Gasteiger partial charge >= 0.3 is 0 Å². The van der Waals surface area contributed by atoms with Crippen LogP contribution in [0.4, 0.5) is 10.5 Å². The van der Waals surface area contributed by atoms with Gasteiger partial charge in [-0.2, -0.15) is 0 Å². The van der Waals surface area contributed by atoms with Gasteiger partial charge in [-0.05, 0) is 54.6 Å². The molecule has 0 saturated carbocycles. The molecule has 2 amide bonds. The fraction of sp³-hybridized carbons (Fsp3) is 0.111. The standard InChI is InChI=1S/C18H15NO4S/c1-2-23-15-8-6-12(7-9-15)10-16-17(21)19(18(22)24-16)13-4-3-5-14(20)11-13/h3-11,20H,2H2,1H3/b16-10-. The lowest BCUT2D eigenvalue weighted by molar-refractivity contribution is -0.113. The number of amides is 2. The van der Waals surface area contributed by atoms with Crippen LogP contribution in [0.3, 0.4) is 0 Å². The van der Waals surface area contributed by atoms with E-state index in [2.05, 4.69) is 0 Å². The predicted molar refractivity (Wildman–Crippen MR) is 94.2 cm³/mol. The molecule has 0 radical (unpaired) electrons. The number of rotatable bonds is 4. The molecule has 0 bridgehead atoms. The average molecular weight is 341 g/mol. The first-order chi connectivity index (χ1) is 11.6. The van der Waals surface area contributed by atoms with Gasteiger partial charge in [-0.1, -0.05) is 18.2 Å². The summed E-state index contributed by atoms with van der Waals surface area (Å²) in [5.74, 6) is 0.356. The molecule has 1 aliphatic heterocycles. The third-order valence-corrected chi connectivity index (χ3v) is 4.24. The molecule has 0 aliphatic carbocycles. The van der Waals surface area contributed by atoms with Crippen molar-refractivity contribution in [3.8, 4) is 11.5 Å². The number of ether oxygens (including phenoxy) is 1. The van der Waals surface area contributed by atoms with Crippen LogP contribution in [-0.4, -0.2) is 22.9 Å². The maximum absolute atomic E-state index is 12.5. The zero-order valence-electron chi connectivity index (χ0n) is 12.9. The molecule has 122 valence electrons. The monoisotopic (exact) mass is 341 g/mol. The highest BCUT2D eigenvalue weighted by Crippen LogP contribution is 2.36. The third kappa shape index (κ3) is 3.28. The van der Waals surface area contributed by atoms with Gasteiger partial charge in [0, 0.05) is 6.07 Å². The fourth-order valence-corrected chi connectivity index (χ4v) is 3.14. The second kappa shape index (κ2) is 6.80. The van der Waals surface area contributed by atoms with Crippen molar-refractivity contribution >= 4 is 34.7 Å². The lowest BCUT2D eigenvalue weighted by Crippen LogP contribution is -2.27. The van der Waals surface area contributed by atoms with Crippen molar-refractivity contribution in [2.75, 3.05) is 11.5 Å². The van der Waals surface area contributed by atoms with Crippen LogP contribution < -0.4 is 9.64 Å². The number of carbonyl (C=O) groups excluding carboxylic acids is 2. The number of hydrogen-bond acceptors (Lipinski definition) is 5. The molecule has 1 aliphatic rings. The van der Waals surface area contributed by atoms with Crippen molar-refractivity contribution in [2.45, 2.75) is 6.92 Å². The highest BCUT2D eigenvalue weighted by molar-refractivity contribution is 8.19. The fourth-order valence-electron chi connectivity index (χ4n) is 2.30. The molecule has 1 heterocycles. The molecule has 1 saturated heterocycles. The van der Waals surface area contributed by atoms with Crippen molar-refractivity contribution in [1.82, 2.24) is 0 Å². The van der Waals surface area contributed by atoms with E-state index < -0.39 is 5.91 Å². The van der Waals surface area contributed by atoms with Gasteiger partial charge in [0.1, 0.15) is 11.5 Å². The van der Waals surface area contributed by atoms with Crippen molar-refractivity contribution < 1.29 is 19.4 Å². The summed E-state index contributed by atoms with van der Waals surface area (Å²) in [4.78, 5) is 26.1. The zero-order chi connectivity index (χ0) is 17.1. The molecule has 2 aromatic rings. The Morgan fingerprint density at radius 1 is 1.17 bits per heavy atom. The van der Waals surface area contributed by atoms with Crippen molar-refractivity contribution in [3.05, 3.63) is 59.0 Å². The molecule has 3 rings (SSSR count). The van der Waals surface area contributed by atoms with Crippen molar-refractivity contribution in [1.29, 1.82) is 0 Å². The number of carbonyl (C=O) groups is 2. The number of imide groups is 1. The predicted octanol–water partition coefficient (Wildman–Crippen LogP) is 4.03. The van der Waals surface area contributed by atoms with Gasteiger partial charge < -0.3 is 9.84 Å². The Kier molecular flexibility index (Phi) is 4.57. The highest BCUT2D eigenvalue weighted by atomic mass is 32.2. The summed E-state index contributed by atoms with van der Waals surface area (Å²) in [6, 6.07) is 13.3. The van der Waals surface area contributed by atoms with Crippen molar-refractivity contribution in [3.63, 3.8) is 0 Å². The van der Waals surface area contributed by atoms with Crippen LogP contribution in [0.2, 0.25) is 0 Å². The molecule has 24 heavy (non-hydrogen) atoms. The maximum atomic E-state index is 12.5. The third-order valence-electron chi connectivity index (χ3n) is 3.37. The summed E-state index contributed by atoms with van der Waals surface area (Å²) in [6.07, 6.45) is 1.67. The van der Waals surface area contributed by atoms with Gasteiger partial charge in [-0.15, -0.1) is 0 Å². The number of benzene rings is 2. The zero-order valence-corrected chi connectivity index (χ0v) is 13.7. The molecule has 1 fully saturated rings. The second-order valence-corrected chi connectivity index (χ2v) is 6.03. The van der Waals surface area contributed by atoms with Gasteiger partial charge in [-0.25, -0.2) is 4.90 Å². The minimum atomic E-state index is -0.399. The Balaban J connectivity index is 1.85. The molecule has 0 unspecified atom stereocenters. The van der Waals surface area contributed by atoms with Gasteiger partial charge in [0.25, 0.3) is 11.1 Å². The number of phenolic OH excluding ortho intramolecular Hbond substituents is 1. The van der Waals surface area contributed by atoms with E-state index in [1.54, 1.807) is 18.2 Å². The summed E-state index contributed by atoms with van der Waals surface area (Å²) in [7, 11) is 0. The largest absolute Gasteiger partial charge is 0.508 e. The van der Waals surface area contributed by atoms with Crippen LogP contribution >= 0.6 is 11.8 Å². The van der Waals surface area contributed by atoms with Crippen LogP contribution in [0, 0.1) is 0 Å². The summed E-state index contributed by atoms with van der Waals surface area (Å²) in [5, 5.41) is 9.15. The van der Waals surface area contributed by atoms with Gasteiger partial charge in [-0.3, -0.25) is 9.59 Å². The normalized spacial score (nSPS) is 16.0. The van der Waals surface area contributed by atoms with E-state index in [-0.39, 0.29) is 11.0 Å². The first-order valence-electron chi connectivity index (χ1n) is 7.38. The molecule has 0 aromatic heterocycles. The van der Waals surface area contributed by atoms with Crippen LogP contribution in [0.25, 0.3) is 6.08 Å². The first-order valence-corrected chi connectivity index (χ1v) is 8.20. The number of nitrogens with zero attached hydrogens (tertiary/aromatic N) is 1. The number of thioether (sulfide) groups is 1. The van der Waals surface area contributed by atoms with E-state index in [0.29, 0.717) is 17.2 Å². The number of aromatic hydroxyl groups is 1. The summed E-state index contributed by atoms with van der Waals surface area (Å²) >= 11 is 0.877. The van der Waals surface area contributed by atoms with Crippen LogP contribution in [0.5, 0.6) is 11.5 Å². The summed E-state index contributed by atoms with van der Waals surface area (Å²) in [6.45, 7) is 2.49. The van der Waals surface area contributed by atoms with E-state index in [9.17, 15) is 14.7 Å². The molecule has 5 nitrogen and oxygen atoms in total. The number of anilines is 1. The van der Waals surface area contributed by atoms with E-state index in [0.717, 1.165) is 28.0 Å². The molecule has 6 heteroatoms. The molecular weight excluding hydrogens is 326 g/mol. The van der Waals surface area contributed by atoms with Crippen molar-refractivity contribution in [2.24, 2.45) is 0 Å². The lowest BCUT2D eigenvalue weighted by atomic mass is 10.2. The highest BCUT2D eigenvalue weighted by Gasteiger charge is 2.36. The Morgan fingerprint density at radius 2 is 1.92 bits per heavy atom. The van der Waals surface area contributed by atoms with E-state index in [1.807, 2.05) is 31.2 Å². The minimum absolute atomic E-state index is 0.00189. The Morgan fingerprint density at radius 3 is 2.58 bits per heavy atom. The topological polar surface area (TPSA) is 66.8 Å². The van der Waals surface area contributed by atoms with E-state index in [4.69, 9.17) is 4.74 Å². The molecule has 2 aromatic carbocycles. The lowest BCUT2D eigenvalue weighted by Gasteiger charge is -2.12. The van der Waals surface area contributed by atoms with E-state index >= 15 is 0 Å². The minimum Gasteiger partial charge on any atom is -0.508 e. The van der Waals surface area contributed by atoms with E-state index in [1.165, 1.54) is 12.1 Å². The molecule has 0 atom stereocenters. The smallest absolute Gasteiger partial charge is 0.298 e. The van der Waals surface area contributed by atoms with Gasteiger partial charge in [0.2, 0.25) is 0 Å². The Bertz CT molecular complexity index is 814. The average Bonchev–Trinajstić information content (AvgIpc) is 2.83. The number of phenols is 1. The Labute approximate surface area is 143 Å². The maximum Gasteiger partial charge on any atom is 0.298 e. The molecule has 0 spiro atoms. The van der Waals surface area contributed by atoms with Crippen LogP contribution in [0.15, 0.2) is 53.4 Å². The quantitative estimate of drug-likeness (QED) is 0.851. The molecule has 1 N–H and O–H groups in total. The first kappa shape index (κ1) is 16.1. The van der Waals surface area contributed by atoms with Gasteiger partial charge in [0.15, 0.2) is 0 Å². The summed E-state index contributed by atoms with van der Waals surface area (Å²) < 4.78 is 5.38. The molecular formula is C18H15NO4S. The van der Waals surface area contributed by atoms with Crippen LogP contribution in [-0.2, 0) is 4.79 Å². The number of hydrogen-bond donors (Lipinski definition) is 1. The SMILES string of the molecule is CCOc1ccc(/C=C2\SC(=O)N(c3cccc(O)c3)C2=O)cc1. The van der Waals surface area contributed by atoms with Gasteiger partial charge in [0.05, 0.1) is 17.2 Å².